The van der Waals surface area contributed by atoms with Gasteiger partial charge in [-0.25, -0.2) is 14.4 Å². The van der Waals surface area contributed by atoms with Crippen molar-refractivity contribution < 1.29 is 29.0 Å². The van der Waals surface area contributed by atoms with E-state index in [-0.39, 0.29) is 32.7 Å². The van der Waals surface area contributed by atoms with E-state index in [0.29, 0.717) is 5.92 Å². The fraction of sp³-hybridized carbons (Fsp3) is 0.500. The molecule has 0 radical (unpaired) electrons. The van der Waals surface area contributed by atoms with Gasteiger partial charge >= 0.3 is 17.9 Å². The molecule has 27 heavy (non-hydrogen) atoms. The van der Waals surface area contributed by atoms with E-state index in [1.54, 1.807) is 0 Å². The van der Waals surface area contributed by atoms with Crippen molar-refractivity contribution in [2.24, 2.45) is 11.3 Å². The average Bonchev–Trinajstić information content (AvgIpc) is 3.13. The second-order valence-electron chi connectivity index (χ2n) is 7.10. The molecule has 2 rings (SSSR count). The van der Waals surface area contributed by atoms with Gasteiger partial charge in [0.2, 0.25) is 0 Å². The lowest BCUT2D eigenvalue weighted by Crippen LogP contribution is -2.29. The van der Waals surface area contributed by atoms with Gasteiger partial charge in [-0.3, -0.25) is 0 Å². The summed E-state index contributed by atoms with van der Waals surface area (Å²) in [5.74, 6) is -4.44. The largest absolute Gasteiger partial charge is 0.473 e. The normalized spacial score (nSPS) is 14.9. The number of carboxylic acid groups (broad SMARTS) is 1. The first kappa shape index (κ1) is 21.8. The van der Waals surface area contributed by atoms with E-state index in [1.165, 1.54) is 0 Å². The summed E-state index contributed by atoms with van der Waals surface area (Å²) < 4.78 is 10.1. The van der Waals surface area contributed by atoms with Crippen LogP contribution in [0.2, 0.25) is 15.1 Å². The van der Waals surface area contributed by atoms with Gasteiger partial charge in [-0.2, -0.15) is 0 Å². The van der Waals surface area contributed by atoms with Crippen LogP contribution in [0.4, 0.5) is 0 Å². The summed E-state index contributed by atoms with van der Waals surface area (Å²) >= 11 is 18.0. The highest BCUT2D eigenvalue weighted by Crippen LogP contribution is 2.42. The van der Waals surface area contributed by atoms with Crippen molar-refractivity contribution >= 4 is 52.7 Å². The summed E-state index contributed by atoms with van der Waals surface area (Å²) in [6, 6.07) is 1.15. The molecule has 1 aromatic carbocycles. The monoisotopic (exact) mass is 436 g/mol. The number of hydrogen-bond donors (Lipinski definition) is 1. The number of benzene rings is 1. The van der Waals surface area contributed by atoms with Crippen LogP contribution in [0.1, 0.15) is 49.9 Å². The Morgan fingerprint density at radius 3 is 2.30 bits per heavy atom. The quantitative estimate of drug-likeness (QED) is 0.301. The molecule has 1 fully saturated rings. The van der Waals surface area contributed by atoms with E-state index in [0.717, 1.165) is 31.7 Å². The lowest BCUT2D eigenvalue weighted by atomic mass is 9.78. The van der Waals surface area contributed by atoms with Crippen LogP contribution >= 0.6 is 34.8 Å². The lowest BCUT2D eigenvalue weighted by molar-refractivity contribution is -0.158. The zero-order valence-electron chi connectivity index (χ0n) is 14.8. The number of rotatable bonds is 5. The van der Waals surface area contributed by atoms with E-state index in [2.05, 4.69) is 0 Å². The molecule has 0 aliphatic heterocycles. The van der Waals surface area contributed by atoms with E-state index in [1.807, 2.05) is 13.8 Å². The van der Waals surface area contributed by atoms with Crippen LogP contribution < -0.4 is 4.74 Å². The highest BCUT2D eigenvalue weighted by Gasteiger charge is 2.34. The van der Waals surface area contributed by atoms with Crippen molar-refractivity contribution in [1.29, 1.82) is 0 Å². The second kappa shape index (κ2) is 8.67. The predicted molar refractivity (Wildman–Crippen MR) is 101 cm³/mol. The maximum atomic E-state index is 12.6. The first-order valence-electron chi connectivity index (χ1n) is 8.34. The molecule has 148 valence electrons. The second-order valence-corrected chi connectivity index (χ2v) is 8.29. The highest BCUT2D eigenvalue weighted by atomic mass is 35.5. The Bertz CT molecular complexity index is 769. The van der Waals surface area contributed by atoms with Crippen LogP contribution in [0.3, 0.4) is 0 Å². The van der Waals surface area contributed by atoms with Gasteiger partial charge in [-0.15, -0.1) is 0 Å². The molecular weight excluding hydrogens is 419 g/mol. The number of halogens is 3. The molecule has 0 aromatic heterocycles. The van der Waals surface area contributed by atoms with Crippen molar-refractivity contribution in [2.75, 3.05) is 6.61 Å². The summed E-state index contributed by atoms with van der Waals surface area (Å²) in [4.78, 5) is 34.8. The topological polar surface area (TPSA) is 89.9 Å². The summed E-state index contributed by atoms with van der Waals surface area (Å²) in [7, 11) is 0. The van der Waals surface area contributed by atoms with Crippen LogP contribution in [0.5, 0.6) is 5.75 Å². The molecule has 1 N–H and O–H groups in total. The van der Waals surface area contributed by atoms with Crippen molar-refractivity contribution in [3.8, 4) is 5.75 Å². The smallest absolute Gasteiger partial charge is 0.422 e. The molecule has 6 nitrogen and oxygen atoms in total. The Kier molecular flexibility index (Phi) is 7.00. The molecule has 0 atom stereocenters. The van der Waals surface area contributed by atoms with Gasteiger partial charge < -0.3 is 14.6 Å². The Balaban J connectivity index is 2.28. The Hall–Kier alpha value is -1.50. The van der Waals surface area contributed by atoms with Gasteiger partial charge in [0.1, 0.15) is 5.56 Å². The van der Waals surface area contributed by atoms with Gasteiger partial charge in [0, 0.05) is 5.41 Å². The minimum Gasteiger partial charge on any atom is -0.473 e. The first-order chi connectivity index (χ1) is 12.5. The van der Waals surface area contributed by atoms with Crippen molar-refractivity contribution in [3.05, 3.63) is 26.7 Å². The van der Waals surface area contributed by atoms with Crippen LogP contribution in [0.25, 0.3) is 0 Å². The minimum atomic E-state index is -1.85. The third kappa shape index (κ3) is 5.06. The number of carboxylic acids is 1. The highest BCUT2D eigenvalue weighted by molar-refractivity contribution is 6.46. The molecule has 1 aliphatic carbocycles. The van der Waals surface area contributed by atoms with Crippen LogP contribution in [0.15, 0.2) is 6.07 Å². The van der Waals surface area contributed by atoms with E-state index in [9.17, 15) is 14.4 Å². The zero-order valence-corrected chi connectivity index (χ0v) is 17.1. The van der Waals surface area contributed by atoms with Gasteiger partial charge in [0.05, 0.1) is 21.7 Å². The summed E-state index contributed by atoms with van der Waals surface area (Å²) in [5, 5.41) is 8.20. The van der Waals surface area contributed by atoms with Crippen molar-refractivity contribution in [1.82, 2.24) is 0 Å². The van der Waals surface area contributed by atoms with Gasteiger partial charge in [0.15, 0.2) is 5.75 Å². The molecule has 1 aliphatic rings. The van der Waals surface area contributed by atoms with Crippen LogP contribution in [-0.2, 0) is 14.3 Å². The number of ether oxygens (including phenoxy) is 2. The number of carbonyl (C=O) groups excluding carboxylic acids is 2. The molecule has 0 heterocycles. The van der Waals surface area contributed by atoms with Crippen molar-refractivity contribution in [3.63, 3.8) is 0 Å². The number of carbonyl (C=O) groups is 3. The Labute approximate surface area is 171 Å². The number of aliphatic carboxylic acids is 1. The van der Waals surface area contributed by atoms with Crippen molar-refractivity contribution in [2.45, 2.75) is 39.5 Å². The molecule has 0 bridgehead atoms. The predicted octanol–water partition coefficient (Wildman–Crippen LogP) is 5.01. The maximum absolute atomic E-state index is 12.6. The fourth-order valence-electron chi connectivity index (χ4n) is 3.15. The molecule has 1 saturated carbocycles. The SMILES string of the molecule is CC(C)(COC(=O)c1c(Cl)c(Cl)cc(Cl)c1OC(=O)C(=O)O)C1CCCC1. The van der Waals surface area contributed by atoms with Crippen LogP contribution in [0, 0.1) is 11.3 Å². The number of hydrogen-bond acceptors (Lipinski definition) is 5. The zero-order chi connectivity index (χ0) is 20.4. The summed E-state index contributed by atoms with van der Waals surface area (Å²) in [6.45, 7) is 4.13. The average molecular weight is 438 g/mol. The summed E-state index contributed by atoms with van der Waals surface area (Å²) in [5.41, 5.74) is -0.634. The minimum absolute atomic E-state index is 0.0567. The fourth-order valence-corrected chi connectivity index (χ4v) is 3.87. The lowest BCUT2D eigenvalue weighted by Gasteiger charge is -2.31. The Morgan fingerprint density at radius 2 is 1.74 bits per heavy atom. The third-order valence-corrected chi connectivity index (χ3v) is 5.80. The molecular formula is C18H19Cl3O6. The maximum Gasteiger partial charge on any atom is 0.422 e. The van der Waals surface area contributed by atoms with Gasteiger partial charge in [-0.05, 0) is 24.8 Å². The molecule has 0 unspecified atom stereocenters. The van der Waals surface area contributed by atoms with E-state index in [4.69, 9.17) is 49.4 Å². The van der Waals surface area contributed by atoms with Crippen LogP contribution in [-0.4, -0.2) is 29.6 Å². The van der Waals surface area contributed by atoms with Gasteiger partial charge in [-0.1, -0.05) is 61.5 Å². The van der Waals surface area contributed by atoms with Gasteiger partial charge in [0.25, 0.3) is 0 Å². The summed E-state index contributed by atoms with van der Waals surface area (Å²) in [6.07, 6.45) is 4.42. The molecule has 1 aromatic rings. The molecule has 0 spiro atoms. The Morgan fingerprint density at radius 1 is 1.15 bits per heavy atom. The van der Waals surface area contributed by atoms with E-state index >= 15 is 0 Å². The molecule has 0 amide bonds. The number of esters is 2. The third-order valence-electron chi connectivity index (χ3n) is 4.74. The molecule has 0 saturated heterocycles. The first-order valence-corrected chi connectivity index (χ1v) is 9.47. The standard InChI is InChI=1S/C18H19Cl3O6/c1-18(2,9-5-3-4-6-9)8-26-16(24)12-13(21)10(19)7-11(20)14(12)27-17(25)15(22)23/h7,9H,3-6,8H2,1-2H3,(H,22,23). The molecule has 9 heteroatoms. The van der Waals surface area contributed by atoms with E-state index < -0.39 is 23.7 Å².